The molecule has 2 aromatic rings. The molecule has 0 saturated heterocycles. The van der Waals surface area contributed by atoms with E-state index in [0.717, 1.165) is 13.1 Å². The second-order valence-electron chi connectivity index (χ2n) is 3.68. The van der Waals surface area contributed by atoms with Crippen LogP contribution in [0.4, 0.5) is 33.3 Å². The van der Waals surface area contributed by atoms with Gasteiger partial charge < -0.3 is 4.90 Å². The Morgan fingerprint density at radius 1 is 0.895 bits per heavy atom. The highest BCUT2D eigenvalue weighted by atomic mass is 19.2. The highest BCUT2D eigenvalue weighted by Gasteiger charge is 2.25. The monoisotopic (exact) mass is 274 g/mol. The molecule has 0 atom stereocenters. The molecule has 19 heavy (non-hydrogen) atoms. The zero-order chi connectivity index (χ0) is 14.2. The van der Waals surface area contributed by atoms with Gasteiger partial charge in [0.15, 0.2) is 0 Å². The average molecular weight is 274 g/mol. The molecule has 0 fully saturated rings. The Balaban J connectivity index is 2.63. The average Bonchev–Trinajstić information content (AvgIpc) is 2.37. The van der Waals surface area contributed by atoms with Crippen LogP contribution in [0.3, 0.4) is 0 Å². The third-order valence-electron chi connectivity index (χ3n) is 2.52. The smallest absolute Gasteiger partial charge is 0.253 e. The highest BCUT2D eigenvalue weighted by molar-refractivity contribution is 5.63. The van der Waals surface area contributed by atoms with Crippen molar-refractivity contribution in [3.63, 3.8) is 0 Å². The van der Waals surface area contributed by atoms with Gasteiger partial charge in [0.25, 0.3) is 11.9 Å². The molecule has 0 aliphatic rings. The number of anilines is 2. The lowest BCUT2D eigenvalue weighted by Gasteiger charge is -2.21. The number of aromatic nitrogens is 1. The topological polar surface area (TPSA) is 16.1 Å². The number of para-hydroxylation sites is 1. The largest absolute Gasteiger partial charge is 0.337 e. The Labute approximate surface area is 105 Å². The van der Waals surface area contributed by atoms with Gasteiger partial charge in [-0.2, -0.15) is 22.5 Å². The van der Waals surface area contributed by atoms with Gasteiger partial charge in [-0.15, -0.1) is 0 Å². The Hall–Kier alpha value is -2.18. The Morgan fingerprint density at radius 3 is 1.95 bits per heavy atom. The third-order valence-corrected chi connectivity index (χ3v) is 2.52. The zero-order valence-corrected chi connectivity index (χ0v) is 9.59. The minimum Gasteiger partial charge on any atom is -0.337 e. The van der Waals surface area contributed by atoms with Gasteiger partial charge in [-0.25, -0.2) is 4.39 Å². The van der Waals surface area contributed by atoms with E-state index in [-0.39, 0.29) is 5.69 Å². The van der Waals surface area contributed by atoms with Crippen LogP contribution in [-0.2, 0) is 0 Å². The van der Waals surface area contributed by atoms with E-state index in [1.807, 2.05) is 0 Å². The molecule has 1 aromatic heterocycles. The molecule has 0 saturated carbocycles. The van der Waals surface area contributed by atoms with Crippen molar-refractivity contribution in [3.8, 4) is 0 Å². The summed E-state index contributed by atoms with van der Waals surface area (Å²) >= 11 is 0. The zero-order valence-electron chi connectivity index (χ0n) is 9.59. The van der Waals surface area contributed by atoms with E-state index in [4.69, 9.17) is 0 Å². The van der Waals surface area contributed by atoms with E-state index >= 15 is 0 Å². The lowest BCUT2D eigenvalue weighted by molar-refractivity contribution is 0.408. The van der Waals surface area contributed by atoms with Crippen LogP contribution in [-0.4, -0.2) is 12.0 Å². The molecule has 100 valence electrons. The molecular formula is C12H7F5N2. The van der Waals surface area contributed by atoms with Gasteiger partial charge in [-0.05, 0) is 12.1 Å². The lowest BCUT2D eigenvalue weighted by Crippen LogP contribution is -2.17. The van der Waals surface area contributed by atoms with Crippen molar-refractivity contribution in [3.05, 3.63) is 53.6 Å². The molecule has 2 rings (SSSR count). The number of hydrogen-bond donors (Lipinski definition) is 0. The summed E-state index contributed by atoms with van der Waals surface area (Å²) < 4.78 is 66.5. The van der Waals surface area contributed by atoms with Gasteiger partial charge in [0.2, 0.25) is 11.6 Å². The van der Waals surface area contributed by atoms with Crippen molar-refractivity contribution in [2.75, 3.05) is 11.9 Å². The van der Waals surface area contributed by atoms with E-state index in [0.29, 0.717) is 4.90 Å². The van der Waals surface area contributed by atoms with Gasteiger partial charge in [0.05, 0.1) is 5.69 Å². The number of hydrogen-bond acceptors (Lipinski definition) is 2. The van der Waals surface area contributed by atoms with Gasteiger partial charge >= 0.3 is 0 Å². The summed E-state index contributed by atoms with van der Waals surface area (Å²) in [7, 11) is 1.08. The van der Waals surface area contributed by atoms with Crippen molar-refractivity contribution in [1.82, 2.24) is 4.98 Å². The quantitative estimate of drug-likeness (QED) is 0.615. The van der Waals surface area contributed by atoms with Crippen molar-refractivity contribution >= 4 is 11.4 Å². The van der Waals surface area contributed by atoms with Crippen molar-refractivity contribution in [2.24, 2.45) is 0 Å². The van der Waals surface area contributed by atoms with Crippen molar-refractivity contribution < 1.29 is 22.0 Å². The molecule has 0 aliphatic carbocycles. The van der Waals surface area contributed by atoms with Crippen molar-refractivity contribution in [1.29, 1.82) is 0 Å². The molecule has 0 amide bonds. The molecule has 2 nitrogen and oxygen atoms in total. The van der Waals surface area contributed by atoms with E-state index < -0.39 is 35.0 Å². The molecule has 7 heteroatoms. The maximum Gasteiger partial charge on any atom is 0.253 e. The molecule has 0 aliphatic heterocycles. The first-order chi connectivity index (χ1) is 8.93. The summed E-state index contributed by atoms with van der Waals surface area (Å²) in [5.41, 5.74) is -1.28. The first kappa shape index (κ1) is 13.3. The summed E-state index contributed by atoms with van der Waals surface area (Å²) in [6, 6.07) is 5.05. The highest BCUT2D eigenvalue weighted by Crippen LogP contribution is 2.31. The van der Waals surface area contributed by atoms with Crippen LogP contribution in [0.25, 0.3) is 0 Å². The number of halogens is 5. The van der Waals surface area contributed by atoms with Crippen LogP contribution in [0.1, 0.15) is 0 Å². The number of benzene rings is 1. The van der Waals surface area contributed by atoms with Crippen LogP contribution < -0.4 is 4.90 Å². The van der Waals surface area contributed by atoms with Gasteiger partial charge in [0, 0.05) is 7.05 Å². The van der Waals surface area contributed by atoms with Gasteiger partial charge in [0.1, 0.15) is 11.5 Å². The minimum absolute atomic E-state index is 0.231. The second kappa shape index (κ2) is 4.83. The fourth-order valence-corrected chi connectivity index (χ4v) is 1.61. The van der Waals surface area contributed by atoms with E-state index in [1.165, 1.54) is 18.2 Å². The summed E-state index contributed by atoms with van der Waals surface area (Å²) in [5.74, 6) is -7.76. The van der Waals surface area contributed by atoms with E-state index in [2.05, 4.69) is 4.98 Å². The third kappa shape index (κ3) is 2.23. The summed E-state index contributed by atoms with van der Waals surface area (Å²) in [6.07, 6.45) is 0. The predicted molar refractivity (Wildman–Crippen MR) is 58.5 cm³/mol. The normalized spacial score (nSPS) is 10.6. The van der Waals surface area contributed by atoms with E-state index in [9.17, 15) is 22.0 Å². The molecular weight excluding hydrogens is 267 g/mol. The SMILES string of the molecule is CN(c1ccccc1F)c1c(F)c(F)nc(F)c1F. The predicted octanol–water partition coefficient (Wildman–Crippen LogP) is 3.55. The molecule has 1 heterocycles. The van der Waals surface area contributed by atoms with Crippen LogP contribution >= 0.6 is 0 Å². The van der Waals surface area contributed by atoms with Crippen molar-refractivity contribution in [2.45, 2.75) is 0 Å². The number of rotatable bonds is 2. The lowest BCUT2D eigenvalue weighted by atomic mass is 10.2. The van der Waals surface area contributed by atoms with Crippen LogP contribution in [0, 0.1) is 29.3 Å². The Morgan fingerprint density at radius 2 is 1.42 bits per heavy atom. The van der Waals surface area contributed by atoms with Crippen LogP contribution in [0.15, 0.2) is 24.3 Å². The molecule has 1 aromatic carbocycles. The number of pyridine rings is 1. The van der Waals surface area contributed by atoms with E-state index in [1.54, 1.807) is 0 Å². The second-order valence-corrected chi connectivity index (χ2v) is 3.68. The fourth-order valence-electron chi connectivity index (χ4n) is 1.61. The fraction of sp³-hybridized carbons (Fsp3) is 0.0833. The standard InChI is InChI=1S/C12H7F5N2/c1-19(7-5-3-2-4-6(7)13)10-8(14)11(16)18-12(17)9(10)15/h2-5H,1H3. The molecule has 0 bridgehead atoms. The molecule has 0 unspecified atom stereocenters. The maximum atomic E-state index is 13.5. The summed E-state index contributed by atoms with van der Waals surface area (Å²) in [4.78, 5) is 3.10. The Bertz CT molecular complexity index is 604. The Kier molecular flexibility index (Phi) is 3.37. The summed E-state index contributed by atoms with van der Waals surface area (Å²) in [5, 5.41) is 0. The first-order valence-corrected chi connectivity index (χ1v) is 5.11. The first-order valence-electron chi connectivity index (χ1n) is 5.11. The van der Waals surface area contributed by atoms with Gasteiger partial charge in [-0.1, -0.05) is 12.1 Å². The van der Waals surface area contributed by atoms with Gasteiger partial charge in [-0.3, -0.25) is 0 Å². The molecule has 0 radical (unpaired) electrons. The summed E-state index contributed by atoms with van der Waals surface area (Å²) in [6.45, 7) is 0. The van der Waals surface area contributed by atoms with Crippen LogP contribution in [0.5, 0.6) is 0 Å². The van der Waals surface area contributed by atoms with Crippen LogP contribution in [0.2, 0.25) is 0 Å². The molecule has 0 spiro atoms. The molecule has 0 N–H and O–H groups in total. The maximum absolute atomic E-state index is 13.5. The minimum atomic E-state index is -1.79. The number of nitrogens with zero attached hydrogens (tertiary/aromatic N) is 2.